The average molecular weight is 340 g/mol. The molecule has 0 saturated carbocycles. The Morgan fingerprint density at radius 3 is 2.33 bits per heavy atom. The lowest BCUT2D eigenvalue weighted by Gasteiger charge is -2.04. The van der Waals surface area contributed by atoms with Crippen LogP contribution in [0.3, 0.4) is 0 Å². The molecule has 0 aliphatic heterocycles. The summed E-state index contributed by atoms with van der Waals surface area (Å²) in [5.74, 6) is -0.922. The molecular formula is C18H14ClN3O2. The van der Waals surface area contributed by atoms with E-state index in [0.717, 1.165) is 27.4 Å². The fraction of sp³-hybridized carbons (Fsp3) is 0.0556. The van der Waals surface area contributed by atoms with E-state index in [-0.39, 0.29) is 18.0 Å². The minimum atomic E-state index is -0.922. The summed E-state index contributed by atoms with van der Waals surface area (Å²) in [7, 11) is 0. The zero-order chi connectivity index (χ0) is 15.8. The van der Waals surface area contributed by atoms with E-state index >= 15 is 0 Å². The molecule has 0 atom stereocenters. The SMILES string of the molecule is Cl.O=C(O)c1ccc(Cn2nnc3cc4ccccc4cc32)cc1. The minimum absolute atomic E-state index is 0. The van der Waals surface area contributed by atoms with E-state index in [9.17, 15) is 4.79 Å². The first kappa shape index (κ1) is 16.0. The van der Waals surface area contributed by atoms with Gasteiger partial charge in [-0.3, -0.25) is 0 Å². The van der Waals surface area contributed by atoms with Crippen LogP contribution >= 0.6 is 12.4 Å². The van der Waals surface area contributed by atoms with Crippen LogP contribution in [0.1, 0.15) is 15.9 Å². The Balaban J connectivity index is 0.00000169. The van der Waals surface area contributed by atoms with Crippen molar-refractivity contribution in [3.8, 4) is 0 Å². The van der Waals surface area contributed by atoms with Gasteiger partial charge in [-0.2, -0.15) is 0 Å². The molecular weight excluding hydrogens is 326 g/mol. The van der Waals surface area contributed by atoms with Gasteiger partial charge in [-0.25, -0.2) is 9.48 Å². The molecule has 24 heavy (non-hydrogen) atoms. The smallest absolute Gasteiger partial charge is 0.335 e. The Hall–Kier alpha value is -2.92. The number of aromatic carboxylic acids is 1. The maximum absolute atomic E-state index is 10.9. The summed E-state index contributed by atoms with van der Waals surface area (Å²) in [6, 6.07) is 19.0. The zero-order valence-electron chi connectivity index (χ0n) is 12.6. The second-order valence-electron chi connectivity index (χ2n) is 5.44. The predicted molar refractivity (Wildman–Crippen MR) is 94.8 cm³/mol. The lowest BCUT2D eigenvalue weighted by atomic mass is 10.1. The van der Waals surface area contributed by atoms with E-state index in [1.54, 1.807) is 24.3 Å². The molecule has 0 aliphatic rings. The van der Waals surface area contributed by atoms with Gasteiger partial charge in [-0.1, -0.05) is 41.6 Å². The number of carboxylic acids is 1. The molecule has 1 N–H and O–H groups in total. The fourth-order valence-corrected chi connectivity index (χ4v) is 2.70. The van der Waals surface area contributed by atoms with Gasteiger partial charge in [-0.05, 0) is 40.6 Å². The van der Waals surface area contributed by atoms with Crippen molar-refractivity contribution in [2.75, 3.05) is 0 Å². The van der Waals surface area contributed by atoms with Crippen molar-refractivity contribution in [2.24, 2.45) is 0 Å². The third kappa shape index (κ3) is 2.81. The fourth-order valence-electron chi connectivity index (χ4n) is 2.70. The van der Waals surface area contributed by atoms with Crippen LogP contribution in [0.5, 0.6) is 0 Å². The Morgan fingerprint density at radius 2 is 1.67 bits per heavy atom. The Labute approximate surface area is 143 Å². The zero-order valence-corrected chi connectivity index (χ0v) is 13.4. The number of nitrogens with zero attached hydrogens (tertiary/aromatic N) is 3. The van der Waals surface area contributed by atoms with Gasteiger partial charge in [0.2, 0.25) is 0 Å². The maximum atomic E-state index is 10.9. The Bertz CT molecular complexity index is 1030. The topological polar surface area (TPSA) is 68.0 Å². The summed E-state index contributed by atoms with van der Waals surface area (Å²) in [6.45, 7) is 0.550. The van der Waals surface area contributed by atoms with Gasteiger partial charge in [0.15, 0.2) is 0 Å². The van der Waals surface area contributed by atoms with Crippen molar-refractivity contribution in [2.45, 2.75) is 6.54 Å². The number of halogens is 1. The molecule has 0 radical (unpaired) electrons. The van der Waals surface area contributed by atoms with Crippen molar-refractivity contribution < 1.29 is 9.90 Å². The van der Waals surface area contributed by atoms with Crippen LogP contribution in [-0.2, 0) is 6.54 Å². The van der Waals surface area contributed by atoms with Crippen LogP contribution in [0.15, 0.2) is 60.7 Å². The highest BCUT2D eigenvalue weighted by Gasteiger charge is 2.08. The van der Waals surface area contributed by atoms with Crippen LogP contribution in [0.4, 0.5) is 0 Å². The summed E-state index contributed by atoms with van der Waals surface area (Å²) >= 11 is 0. The molecule has 120 valence electrons. The number of hydrogen-bond acceptors (Lipinski definition) is 3. The van der Waals surface area contributed by atoms with Crippen LogP contribution in [-0.4, -0.2) is 26.1 Å². The van der Waals surface area contributed by atoms with Crippen molar-refractivity contribution in [3.05, 3.63) is 71.8 Å². The summed E-state index contributed by atoms with van der Waals surface area (Å²) in [6.07, 6.45) is 0. The first-order valence-electron chi connectivity index (χ1n) is 7.25. The molecule has 3 aromatic carbocycles. The predicted octanol–water partition coefficient (Wildman–Crippen LogP) is 3.75. The second-order valence-corrected chi connectivity index (χ2v) is 5.44. The highest BCUT2D eigenvalue weighted by Crippen LogP contribution is 2.21. The van der Waals surface area contributed by atoms with Crippen molar-refractivity contribution in [1.82, 2.24) is 15.0 Å². The van der Waals surface area contributed by atoms with E-state index < -0.39 is 5.97 Å². The Morgan fingerprint density at radius 1 is 1.00 bits per heavy atom. The van der Waals surface area contributed by atoms with Gasteiger partial charge < -0.3 is 5.11 Å². The molecule has 0 fully saturated rings. The van der Waals surface area contributed by atoms with Gasteiger partial charge >= 0.3 is 5.97 Å². The van der Waals surface area contributed by atoms with E-state index in [1.807, 2.05) is 22.9 Å². The van der Waals surface area contributed by atoms with Gasteiger partial charge in [-0.15, -0.1) is 17.5 Å². The van der Waals surface area contributed by atoms with E-state index in [2.05, 4.69) is 28.5 Å². The third-order valence-corrected chi connectivity index (χ3v) is 3.91. The third-order valence-electron chi connectivity index (χ3n) is 3.91. The molecule has 6 heteroatoms. The average Bonchev–Trinajstić information content (AvgIpc) is 2.95. The van der Waals surface area contributed by atoms with Gasteiger partial charge in [0, 0.05) is 0 Å². The van der Waals surface area contributed by atoms with Crippen molar-refractivity contribution in [1.29, 1.82) is 0 Å². The molecule has 0 bridgehead atoms. The Kier molecular flexibility index (Phi) is 4.18. The molecule has 4 aromatic rings. The summed E-state index contributed by atoms with van der Waals surface area (Å²) in [5.41, 5.74) is 3.08. The molecule has 0 aliphatic carbocycles. The number of carboxylic acid groups (broad SMARTS) is 1. The lowest BCUT2D eigenvalue weighted by Crippen LogP contribution is -2.03. The first-order valence-corrected chi connectivity index (χ1v) is 7.25. The minimum Gasteiger partial charge on any atom is -0.478 e. The number of fused-ring (bicyclic) bond motifs is 2. The number of rotatable bonds is 3. The molecule has 0 spiro atoms. The number of carbonyl (C=O) groups is 1. The molecule has 4 rings (SSSR count). The normalized spacial score (nSPS) is 10.7. The van der Waals surface area contributed by atoms with Crippen LogP contribution in [0.2, 0.25) is 0 Å². The first-order chi connectivity index (χ1) is 11.2. The molecule has 5 nitrogen and oxygen atoms in total. The number of benzene rings is 3. The molecule has 0 saturated heterocycles. The summed E-state index contributed by atoms with van der Waals surface area (Å²) < 4.78 is 1.83. The molecule has 0 amide bonds. The van der Waals surface area contributed by atoms with Crippen LogP contribution < -0.4 is 0 Å². The highest BCUT2D eigenvalue weighted by molar-refractivity contribution is 5.94. The largest absolute Gasteiger partial charge is 0.478 e. The lowest BCUT2D eigenvalue weighted by molar-refractivity contribution is 0.0697. The van der Waals surface area contributed by atoms with Gasteiger partial charge in [0.25, 0.3) is 0 Å². The number of aromatic nitrogens is 3. The number of hydrogen-bond donors (Lipinski definition) is 1. The highest BCUT2D eigenvalue weighted by atomic mass is 35.5. The van der Waals surface area contributed by atoms with Crippen molar-refractivity contribution in [3.63, 3.8) is 0 Å². The van der Waals surface area contributed by atoms with Gasteiger partial charge in [0.1, 0.15) is 5.52 Å². The van der Waals surface area contributed by atoms with Crippen LogP contribution in [0.25, 0.3) is 21.8 Å². The molecule has 0 unspecified atom stereocenters. The quantitative estimate of drug-likeness (QED) is 0.617. The van der Waals surface area contributed by atoms with Crippen LogP contribution in [0, 0.1) is 0 Å². The molecule has 1 aromatic heterocycles. The van der Waals surface area contributed by atoms with Crippen molar-refractivity contribution >= 4 is 40.2 Å². The van der Waals surface area contributed by atoms with E-state index in [4.69, 9.17) is 5.11 Å². The van der Waals surface area contributed by atoms with E-state index in [0.29, 0.717) is 6.54 Å². The second kappa shape index (κ2) is 6.29. The summed E-state index contributed by atoms with van der Waals surface area (Å²) in [4.78, 5) is 10.9. The maximum Gasteiger partial charge on any atom is 0.335 e. The standard InChI is InChI=1S/C18H13N3O2.ClH/c22-18(23)13-7-5-12(6-8-13)11-21-17-10-15-4-2-1-3-14(15)9-16(17)19-20-21;/h1-10H,11H2,(H,22,23);1H. The monoisotopic (exact) mass is 339 g/mol. The summed E-state index contributed by atoms with van der Waals surface area (Å²) in [5, 5.41) is 19.7. The van der Waals surface area contributed by atoms with E-state index in [1.165, 1.54) is 0 Å². The molecule has 1 heterocycles. The van der Waals surface area contributed by atoms with Gasteiger partial charge in [0.05, 0.1) is 17.6 Å².